The first-order valence-corrected chi connectivity index (χ1v) is 7.61. The summed E-state index contributed by atoms with van der Waals surface area (Å²) in [4.78, 5) is 2.22. The lowest BCUT2D eigenvalue weighted by molar-refractivity contribution is -0.0894. The number of rotatable bonds is 1. The molecule has 2 aliphatic rings. The standard InChI is InChI=1S/C17H22N2O2/c1-19-9-4-7-17(20,8-10-19)16(12-18)11-14-5-2-3-6-15(14)21-13-16/h2-3,5-6,20H,4,7-11,13H2,1H3. The molecule has 0 bridgehead atoms. The molecule has 1 fully saturated rings. The molecule has 0 amide bonds. The summed E-state index contributed by atoms with van der Waals surface area (Å²) in [5, 5.41) is 21.1. The van der Waals surface area contributed by atoms with Crippen molar-refractivity contribution >= 4 is 0 Å². The highest BCUT2D eigenvalue weighted by molar-refractivity contribution is 5.38. The number of ether oxygens (including phenoxy) is 1. The van der Waals surface area contributed by atoms with E-state index in [-0.39, 0.29) is 6.61 Å². The first-order valence-electron chi connectivity index (χ1n) is 7.61. The Balaban J connectivity index is 1.93. The second-order valence-electron chi connectivity index (χ2n) is 6.46. The van der Waals surface area contributed by atoms with Gasteiger partial charge in [0.1, 0.15) is 17.8 Å². The fraction of sp³-hybridized carbons (Fsp3) is 0.588. The summed E-state index contributed by atoms with van der Waals surface area (Å²) in [6, 6.07) is 10.2. The Morgan fingerprint density at radius 1 is 1.29 bits per heavy atom. The Morgan fingerprint density at radius 2 is 2.10 bits per heavy atom. The van der Waals surface area contributed by atoms with Gasteiger partial charge in [-0.3, -0.25) is 0 Å². The zero-order valence-corrected chi connectivity index (χ0v) is 12.5. The van der Waals surface area contributed by atoms with Crippen molar-refractivity contribution in [2.45, 2.75) is 31.3 Å². The van der Waals surface area contributed by atoms with Crippen molar-refractivity contribution < 1.29 is 9.84 Å². The lowest BCUT2D eigenvalue weighted by atomic mass is 9.65. The minimum atomic E-state index is -0.972. The first kappa shape index (κ1) is 14.4. The Hall–Kier alpha value is -1.57. The van der Waals surface area contributed by atoms with Crippen molar-refractivity contribution in [2.75, 3.05) is 26.7 Å². The molecule has 1 N–H and O–H groups in total. The monoisotopic (exact) mass is 286 g/mol. The smallest absolute Gasteiger partial charge is 0.124 e. The molecule has 2 unspecified atom stereocenters. The number of aliphatic hydroxyl groups is 1. The number of nitrogens with zero attached hydrogens (tertiary/aromatic N) is 2. The average Bonchev–Trinajstić information content (AvgIpc) is 2.69. The lowest BCUT2D eigenvalue weighted by Crippen LogP contribution is -2.54. The van der Waals surface area contributed by atoms with Crippen LogP contribution in [0.4, 0.5) is 0 Å². The van der Waals surface area contributed by atoms with Crippen LogP contribution in [-0.2, 0) is 6.42 Å². The van der Waals surface area contributed by atoms with Crippen LogP contribution in [0, 0.1) is 16.7 Å². The molecule has 1 aromatic rings. The zero-order chi connectivity index (χ0) is 14.9. The third-order valence-corrected chi connectivity index (χ3v) is 5.08. The summed E-state index contributed by atoms with van der Waals surface area (Å²) in [6.07, 6.45) is 2.77. The minimum Gasteiger partial charge on any atom is -0.492 e. The molecule has 2 heterocycles. The van der Waals surface area contributed by atoms with Crippen molar-refractivity contribution in [3.63, 3.8) is 0 Å². The molecule has 3 rings (SSSR count). The molecule has 21 heavy (non-hydrogen) atoms. The van der Waals surface area contributed by atoms with E-state index < -0.39 is 11.0 Å². The van der Waals surface area contributed by atoms with Crippen LogP contribution < -0.4 is 4.74 Å². The first-order chi connectivity index (χ1) is 10.1. The summed E-state index contributed by atoms with van der Waals surface area (Å²) in [6.45, 7) is 2.07. The molecule has 0 spiro atoms. The fourth-order valence-corrected chi connectivity index (χ4v) is 3.58. The third-order valence-electron chi connectivity index (χ3n) is 5.08. The van der Waals surface area contributed by atoms with Crippen LogP contribution in [0.3, 0.4) is 0 Å². The molecule has 2 atom stereocenters. The maximum absolute atomic E-state index is 11.2. The predicted molar refractivity (Wildman–Crippen MR) is 80.0 cm³/mol. The number of nitriles is 1. The SMILES string of the molecule is CN1CCCC(O)(C2(C#N)COc3ccccc3C2)CC1. The van der Waals surface area contributed by atoms with E-state index >= 15 is 0 Å². The number of para-hydroxylation sites is 1. The molecule has 0 aliphatic carbocycles. The second kappa shape index (κ2) is 5.32. The maximum atomic E-state index is 11.2. The summed E-state index contributed by atoms with van der Waals surface area (Å²) in [5.74, 6) is 0.845. The quantitative estimate of drug-likeness (QED) is 0.857. The molecule has 0 saturated carbocycles. The van der Waals surface area contributed by atoms with Crippen molar-refractivity contribution in [3.8, 4) is 11.8 Å². The lowest BCUT2D eigenvalue weighted by Gasteiger charge is -2.44. The van der Waals surface area contributed by atoms with Crippen LogP contribution in [-0.4, -0.2) is 42.4 Å². The normalized spacial score (nSPS) is 33.4. The number of hydrogen-bond donors (Lipinski definition) is 1. The van der Waals surface area contributed by atoms with E-state index in [1.807, 2.05) is 24.3 Å². The Kier molecular flexibility index (Phi) is 3.64. The highest BCUT2D eigenvalue weighted by Crippen LogP contribution is 2.46. The van der Waals surface area contributed by atoms with Crippen LogP contribution in [0.25, 0.3) is 0 Å². The molecule has 1 saturated heterocycles. The maximum Gasteiger partial charge on any atom is 0.124 e. The van der Waals surface area contributed by atoms with Gasteiger partial charge in [0.2, 0.25) is 0 Å². The molecular formula is C17H22N2O2. The molecule has 1 aromatic carbocycles. The van der Waals surface area contributed by atoms with E-state index in [1.54, 1.807) is 0 Å². The summed E-state index contributed by atoms with van der Waals surface area (Å²) < 4.78 is 5.82. The van der Waals surface area contributed by atoms with Crippen LogP contribution >= 0.6 is 0 Å². The fourth-order valence-electron chi connectivity index (χ4n) is 3.58. The van der Waals surface area contributed by atoms with Crippen LogP contribution in [0.5, 0.6) is 5.75 Å². The zero-order valence-electron chi connectivity index (χ0n) is 12.5. The summed E-state index contributed by atoms with van der Waals surface area (Å²) in [5.41, 5.74) is -0.789. The van der Waals surface area contributed by atoms with Gasteiger partial charge in [-0.15, -0.1) is 0 Å². The Labute approximate surface area is 125 Å². The van der Waals surface area contributed by atoms with Crippen molar-refractivity contribution in [1.29, 1.82) is 5.26 Å². The van der Waals surface area contributed by atoms with E-state index in [4.69, 9.17) is 4.74 Å². The molecule has 112 valence electrons. The van der Waals surface area contributed by atoms with Gasteiger partial charge < -0.3 is 14.7 Å². The van der Waals surface area contributed by atoms with Gasteiger partial charge in [-0.05, 0) is 44.5 Å². The van der Waals surface area contributed by atoms with Crippen molar-refractivity contribution in [1.82, 2.24) is 4.90 Å². The van der Waals surface area contributed by atoms with E-state index in [0.717, 1.165) is 30.8 Å². The van der Waals surface area contributed by atoms with E-state index in [1.165, 1.54) is 0 Å². The Bertz CT molecular complexity index is 568. The van der Waals surface area contributed by atoms with Gasteiger partial charge in [-0.1, -0.05) is 18.2 Å². The molecule has 4 heteroatoms. The number of hydrogen-bond acceptors (Lipinski definition) is 4. The third kappa shape index (κ3) is 2.41. The molecule has 0 radical (unpaired) electrons. The van der Waals surface area contributed by atoms with Crippen LogP contribution in [0.15, 0.2) is 24.3 Å². The molecule has 2 aliphatic heterocycles. The molecule has 0 aromatic heterocycles. The van der Waals surface area contributed by atoms with Crippen LogP contribution in [0.2, 0.25) is 0 Å². The van der Waals surface area contributed by atoms with Gasteiger partial charge in [0, 0.05) is 13.0 Å². The van der Waals surface area contributed by atoms with E-state index in [0.29, 0.717) is 19.3 Å². The summed E-state index contributed by atoms with van der Waals surface area (Å²) in [7, 11) is 2.07. The highest BCUT2D eigenvalue weighted by atomic mass is 16.5. The van der Waals surface area contributed by atoms with Crippen molar-refractivity contribution in [2.24, 2.45) is 5.41 Å². The van der Waals surface area contributed by atoms with E-state index in [9.17, 15) is 10.4 Å². The molecule has 4 nitrogen and oxygen atoms in total. The average molecular weight is 286 g/mol. The van der Waals surface area contributed by atoms with Gasteiger partial charge in [-0.25, -0.2) is 0 Å². The van der Waals surface area contributed by atoms with Crippen molar-refractivity contribution in [3.05, 3.63) is 29.8 Å². The van der Waals surface area contributed by atoms with Gasteiger partial charge in [-0.2, -0.15) is 5.26 Å². The van der Waals surface area contributed by atoms with E-state index in [2.05, 4.69) is 18.0 Å². The number of benzene rings is 1. The predicted octanol–water partition coefficient (Wildman–Crippen LogP) is 1.98. The van der Waals surface area contributed by atoms with Gasteiger partial charge in [0.05, 0.1) is 11.7 Å². The number of fused-ring (bicyclic) bond motifs is 1. The largest absolute Gasteiger partial charge is 0.492 e. The Morgan fingerprint density at radius 3 is 2.90 bits per heavy atom. The second-order valence-corrected chi connectivity index (χ2v) is 6.46. The topological polar surface area (TPSA) is 56.5 Å². The van der Waals surface area contributed by atoms with Gasteiger partial charge in [0.25, 0.3) is 0 Å². The summed E-state index contributed by atoms with van der Waals surface area (Å²) >= 11 is 0. The van der Waals surface area contributed by atoms with Crippen LogP contribution in [0.1, 0.15) is 24.8 Å². The molecular weight excluding hydrogens is 264 g/mol. The van der Waals surface area contributed by atoms with Gasteiger partial charge in [0.15, 0.2) is 0 Å². The number of likely N-dealkylation sites (tertiary alicyclic amines) is 1. The van der Waals surface area contributed by atoms with Gasteiger partial charge >= 0.3 is 0 Å². The highest BCUT2D eigenvalue weighted by Gasteiger charge is 2.53. The minimum absolute atomic E-state index is 0.278.